The number of carbonyl (C=O) groups is 1. The minimum Gasteiger partial charge on any atom is -0.352 e. The van der Waals surface area contributed by atoms with Gasteiger partial charge in [0.2, 0.25) is 15.9 Å². The second-order valence-electron chi connectivity index (χ2n) is 6.71. The summed E-state index contributed by atoms with van der Waals surface area (Å²) in [5, 5.41) is 6.32. The molecule has 3 N–H and O–H groups in total. The molecule has 2 unspecified atom stereocenters. The van der Waals surface area contributed by atoms with Gasteiger partial charge in [-0.05, 0) is 55.5 Å². The zero-order chi connectivity index (χ0) is 18.3. The summed E-state index contributed by atoms with van der Waals surface area (Å²) in [6.07, 6.45) is 2.89. The van der Waals surface area contributed by atoms with Crippen molar-refractivity contribution in [1.82, 2.24) is 15.4 Å². The number of amides is 1. The van der Waals surface area contributed by atoms with E-state index < -0.39 is 10.0 Å². The fourth-order valence-electron chi connectivity index (χ4n) is 3.16. The maximum absolute atomic E-state index is 12.1. The SMILES string of the molecule is CCNS(=O)(=O)c1ccc(CNC(=O)CC(C)C2CCCNC2)cc1.Cl. The van der Waals surface area contributed by atoms with E-state index >= 15 is 0 Å². The zero-order valence-corrected chi connectivity index (χ0v) is 17.1. The van der Waals surface area contributed by atoms with Crippen molar-refractivity contribution in [1.29, 1.82) is 0 Å². The van der Waals surface area contributed by atoms with E-state index in [1.807, 2.05) is 0 Å². The first-order valence-electron chi connectivity index (χ1n) is 8.98. The predicted octanol–water partition coefficient (Wildman–Crippen LogP) is 2.05. The zero-order valence-electron chi connectivity index (χ0n) is 15.5. The second kappa shape index (κ2) is 10.9. The van der Waals surface area contributed by atoms with Crippen LogP contribution >= 0.6 is 12.4 Å². The number of benzene rings is 1. The lowest BCUT2D eigenvalue weighted by molar-refractivity contribution is -0.122. The summed E-state index contributed by atoms with van der Waals surface area (Å²) in [5.74, 6) is 0.970. The Morgan fingerprint density at radius 2 is 2.00 bits per heavy atom. The highest BCUT2D eigenvalue weighted by Crippen LogP contribution is 2.22. The maximum atomic E-state index is 12.1. The molecule has 2 atom stereocenters. The van der Waals surface area contributed by atoms with Crippen molar-refractivity contribution < 1.29 is 13.2 Å². The van der Waals surface area contributed by atoms with Crippen molar-refractivity contribution in [2.24, 2.45) is 11.8 Å². The van der Waals surface area contributed by atoms with Crippen LogP contribution in [0.25, 0.3) is 0 Å². The Morgan fingerprint density at radius 3 is 2.58 bits per heavy atom. The molecule has 1 aliphatic rings. The quantitative estimate of drug-likeness (QED) is 0.619. The third-order valence-corrected chi connectivity index (χ3v) is 6.27. The third kappa shape index (κ3) is 6.87. The molecule has 1 aromatic carbocycles. The van der Waals surface area contributed by atoms with E-state index in [9.17, 15) is 13.2 Å². The molecular weight excluding hydrogens is 374 g/mol. The highest BCUT2D eigenvalue weighted by molar-refractivity contribution is 7.89. The number of rotatable bonds is 8. The molecular formula is C18H30ClN3O3S. The Bertz CT molecular complexity index is 659. The maximum Gasteiger partial charge on any atom is 0.240 e. The normalized spacial score (nSPS) is 18.6. The van der Waals surface area contributed by atoms with Crippen molar-refractivity contribution in [3.8, 4) is 0 Å². The summed E-state index contributed by atoms with van der Waals surface area (Å²) in [6, 6.07) is 6.60. The number of nitrogens with one attached hydrogen (secondary N) is 3. The van der Waals surface area contributed by atoms with Gasteiger partial charge >= 0.3 is 0 Å². The first-order valence-corrected chi connectivity index (χ1v) is 10.5. The number of halogens is 1. The van der Waals surface area contributed by atoms with Crippen molar-refractivity contribution in [2.75, 3.05) is 19.6 Å². The first-order chi connectivity index (χ1) is 11.9. The van der Waals surface area contributed by atoms with Crippen LogP contribution in [0.5, 0.6) is 0 Å². The van der Waals surface area contributed by atoms with E-state index in [2.05, 4.69) is 22.3 Å². The molecule has 0 bridgehead atoms. The molecule has 1 saturated heterocycles. The molecule has 0 spiro atoms. The fourth-order valence-corrected chi connectivity index (χ4v) is 4.20. The summed E-state index contributed by atoms with van der Waals surface area (Å²) in [7, 11) is -3.43. The van der Waals surface area contributed by atoms with Gasteiger partial charge < -0.3 is 10.6 Å². The predicted molar refractivity (Wildman–Crippen MR) is 106 cm³/mol. The van der Waals surface area contributed by atoms with Crippen LogP contribution in [0, 0.1) is 11.8 Å². The van der Waals surface area contributed by atoms with E-state index in [4.69, 9.17) is 0 Å². The van der Waals surface area contributed by atoms with Crippen LogP contribution in [0.1, 0.15) is 38.7 Å². The van der Waals surface area contributed by atoms with Crippen LogP contribution in [0.3, 0.4) is 0 Å². The molecule has 8 heteroatoms. The van der Waals surface area contributed by atoms with Crippen molar-refractivity contribution in [2.45, 2.75) is 44.6 Å². The smallest absolute Gasteiger partial charge is 0.240 e. The molecule has 2 rings (SSSR count). The number of piperidine rings is 1. The lowest BCUT2D eigenvalue weighted by atomic mass is 9.85. The van der Waals surface area contributed by atoms with E-state index in [-0.39, 0.29) is 23.2 Å². The summed E-state index contributed by atoms with van der Waals surface area (Å²) in [4.78, 5) is 12.4. The Morgan fingerprint density at radius 1 is 1.31 bits per heavy atom. The lowest BCUT2D eigenvalue weighted by Gasteiger charge is -2.28. The molecule has 1 heterocycles. The Kier molecular flexibility index (Phi) is 9.57. The van der Waals surface area contributed by atoms with Gasteiger partial charge in [-0.2, -0.15) is 0 Å². The van der Waals surface area contributed by atoms with E-state index in [1.54, 1.807) is 31.2 Å². The van der Waals surface area contributed by atoms with Gasteiger partial charge in [0.25, 0.3) is 0 Å². The van der Waals surface area contributed by atoms with Gasteiger partial charge in [0, 0.05) is 19.5 Å². The van der Waals surface area contributed by atoms with Crippen LogP contribution in [0.4, 0.5) is 0 Å². The van der Waals surface area contributed by atoms with Gasteiger partial charge in [-0.15, -0.1) is 12.4 Å². The number of carbonyl (C=O) groups excluding carboxylic acids is 1. The van der Waals surface area contributed by atoms with E-state index in [0.717, 1.165) is 18.7 Å². The van der Waals surface area contributed by atoms with Crippen LogP contribution < -0.4 is 15.4 Å². The summed E-state index contributed by atoms with van der Waals surface area (Å²) < 4.78 is 26.2. The molecule has 0 aromatic heterocycles. The largest absolute Gasteiger partial charge is 0.352 e. The monoisotopic (exact) mass is 403 g/mol. The summed E-state index contributed by atoms with van der Waals surface area (Å²) in [6.45, 7) is 6.72. The lowest BCUT2D eigenvalue weighted by Crippen LogP contribution is -2.35. The summed E-state index contributed by atoms with van der Waals surface area (Å²) in [5.41, 5.74) is 0.885. The molecule has 1 fully saturated rings. The van der Waals surface area contributed by atoms with Crippen molar-refractivity contribution in [3.05, 3.63) is 29.8 Å². The van der Waals surface area contributed by atoms with Crippen LogP contribution in [-0.2, 0) is 21.4 Å². The molecule has 6 nitrogen and oxygen atoms in total. The average Bonchev–Trinajstić information content (AvgIpc) is 2.61. The van der Waals surface area contributed by atoms with Gasteiger partial charge in [0.05, 0.1) is 4.90 Å². The molecule has 0 radical (unpaired) electrons. The molecule has 0 aliphatic carbocycles. The minimum atomic E-state index is -3.43. The van der Waals surface area contributed by atoms with Gasteiger partial charge in [-0.25, -0.2) is 13.1 Å². The third-order valence-electron chi connectivity index (χ3n) is 4.70. The molecule has 1 amide bonds. The number of sulfonamides is 1. The number of hydrogen-bond donors (Lipinski definition) is 3. The van der Waals surface area contributed by atoms with Crippen LogP contribution in [0.2, 0.25) is 0 Å². The van der Waals surface area contributed by atoms with Gasteiger partial charge in [-0.1, -0.05) is 26.0 Å². The van der Waals surface area contributed by atoms with Gasteiger partial charge in [0.15, 0.2) is 0 Å². The van der Waals surface area contributed by atoms with Crippen molar-refractivity contribution in [3.63, 3.8) is 0 Å². The highest BCUT2D eigenvalue weighted by Gasteiger charge is 2.21. The molecule has 148 valence electrons. The Labute approximate surface area is 163 Å². The molecule has 1 aromatic rings. The Hall–Kier alpha value is -1.15. The van der Waals surface area contributed by atoms with E-state index in [0.29, 0.717) is 31.3 Å². The topological polar surface area (TPSA) is 87.3 Å². The first kappa shape index (κ1) is 22.9. The summed E-state index contributed by atoms with van der Waals surface area (Å²) >= 11 is 0. The standard InChI is InChI=1S/C18H29N3O3S.ClH/c1-3-21-25(23,24)17-8-6-15(7-9-17)12-20-18(22)11-14(2)16-5-4-10-19-13-16;/h6-9,14,16,19,21H,3-5,10-13H2,1-2H3,(H,20,22);1H. The van der Waals surface area contributed by atoms with Crippen LogP contribution in [-0.4, -0.2) is 34.0 Å². The van der Waals surface area contributed by atoms with Gasteiger partial charge in [0.1, 0.15) is 0 Å². The second-order valence-corrected chi connectivity index (χ2v) is 8.48. The van der Waals surface area contributed by atoms with Crippen LogP contribution in [0.15, 0.2) is 29.2 Å². The number of hydrogen-bond acceptors (Lipinski definition) is 4. The van der Waals surface area contributed by atoms with Gasteiger partial charge in [-0.3, -0.25) is 4.79 Å². The average molecular weight is 404 g/mol. The molecule has 0 saturated carbocycles. The highest BCUT2D eigenvalue weighted by atomic mass is 35.5. The fraction of sp³-hybridized carbons (Fsp3) is 0.611. The Balaban J connectivity index is 0.00000338. The van der Waals surface area contributed by atoms with Crippen molar-refractivity contribution >= 4 is 28.3 Å². The van der Waals surface area contributed by atoms with E-state index in [1.165, 1.54) is 12.8 Å². The minimum absolute atomic E-state index is 0. The molecule has 1 aliphatic heterocycles. The molecule has 26 heavy (non-hydrogen) atoms.